The molecule has 1 aromatic rings. The number of carbonyl (C=O) groups excluding carboxylic acids is 3. The predicted molar refractivity (Wildman–Crippen MR) is 93.2 cm³/mol. The Hall–Kier alpha value is -2.57. The number of methoxy groups -OCH3 is 1. The molecule has 1 saturated heterocycles. The van der Waals surface area contributed by atoms with Gasteiger partial charge in [-0.25, -0.2) is 4.79 Å². The summed E-state index contributed by atoms with van der Waals surface area (Å²) in [6.07, 6.45) is 0.283. The van der Waals surface area contributed by atoms with Gasteiger partial charge in [-0.1, -0.05) is 32.0 Å². The van der Waals surface area contributed by atoms with E-state index in [0.29, 0.717) is 18.2 Å². The molecule has 0 bridgehead atoms. The maximum absolute atomic E-state index is 12.7. The molecule has 0 saturated carbocycles. The van der Waals surface area contributed by atoms with E-state index in [4.69, 9.17) is 4.74 Å². The fourth-order valence-electron chi connectivity index (χ4n) is 2.76. The average molecular weight is 347 g/mol. The van der Waals surface area contributed by atoms with Crippen LogP contribution in [0.5, 0.6) is 5.75 Å². The van der Waals surface area contributed by atoms with Gasteiger partial charge in [-0.15, -0.1) is 0 Å². The number of hydrogen-bond donors (Lipinski definition) is 2. The van der Waals surface area contributed by atoms with Gasteiger partial charge in [0.1, 0.15) is 17.8 Å². The summed E-state index contributed by atoms with van der Waals surface area (Å²) in [5.74, 6) is 0.184. The lowest BCUT2D eigenvalue weighted by atomic mass is 9.92. The summed E-state index contributed by atoms with van der Waals surface area (Å²) in [4.78, 5) is 37.9. The lowest BCUT2D eigenvalue weighted by molar-refractivity contribution is -0.134. The summed E-state index contributed by atoms with van der Waals surface area (Å²) in [7, 11) is 1.56. The molecular formula is C18H25N3O4. The first kappa shape index (κ1) is 18.8. The second-order valence-corrected chi connectivity index (χ2v) is 6.84. The lowest BCUT2D eigenvalue weighted by Gasteiger charge is -2.22. The molecule has 0 radical (unpaired) electrons. The predicted octanol–water partition coefficient (Wildman–Crippen LogP) is 1.32. The molecule has 136 valence electrons. The average Bonchev–Trinajstić information content (AvgIpc) is 2.76. The highest BCUT2D eigenvalue weighted by Crippen LogP contribution is 2.27. The molecule has 4 amide bonds. The van der Waals surface area contributed by atoms with Crippen LogP contribution in [-0.4, -0.2) is 48.5 Å². The summed E-state index contributed by atoms with van der Waals surface area (Å²) in [6, 6.07) is 6.78. The van der Waals surface area contributed by atoms with Crippen LogP contribution in [0.3, 0.4) is 0 Å². The number of para-hydroxylation sites is 1. The lowest BCUT2D eigenvalue weighted by Crippen LogP contribution is -2.47. The number of ether oxygens (including phenoxy) is 1. The monoisotopic (exact) mass is 347 g/mol. The number of urea groups is 1. The van der Waals surface area contributed by atoms with Crippen LogP contribution < -0.4 is 15.4 Å². The van der Waals surface area contributed by atoms with Gasteiger partial charge in [-0.05, 0) is 24.5 Å². The van der Waals surface area contributed by atoms with Crippen molar-refractivity contribution in [3.05, 3.63) is 29.8 Å². The summed E-state index contributed by atoms with van der Waals surface area (Å²) >= 11 is 0. The largest absolute Gasteiger partial charge is 0.496 e. The van der Waals surface area contributed by atoms with Crippen LogP contribution in [0.25, 0.3) is 0 Å². The molecule has 1 heterocycles. The highest BCUT2D eigenvalue weighted by atomic mass is 16.5. The van der Waals surface area contributed by atoms with Gasteiger partial charge in [0.05, 0.1) is 7.11 Å². The highest BCUT2D eigenvalue weighted by molar-refractivity contribution is 6.09. The number of rotatable bonds is 7. The number of imide groups is 1. The fraction of sp³-hybridized carbons (Fsp3) is 0.500. The van der Waals surface area contributed by atoms with Crippen molar-refractivity contribution >= 4 is 17.8 Å². The SMILES string of the molecule is COc1ccccc1C[C@]1(C)NC(=O)N(CC(=O)NCC(C)C)C1=O. The normalized spacial score (nSPS) is 20.0. The van der Waals surface area contributed by atoms with E-state index in [1.807, 2.05) is 32.0 Å². The van der Waals surface area contributed by atoms with Gasteiger partial charge in [0.15, 0.2) is 0 Å². The van der Waals surface area contributed by atoms with Crippen LogP contribution in [0.1, 0.15) is 26.3 Å². The first-order chi connectivity index (χ1) is 11.8. The van der Waals surface area contributed by atoms with Gasteiger partial charge in [-0.2, -0.15) is 0 Å². The second kappa shape index (κ2) is 7.55. The summed E-state index contributed by atoms with van der Waals surface area (Å²) in [5.41, 5.74) is -0.295. The van der Waals surface area contributed by atoms with Crippen LogP contribution in [-0.2, 0) is 16.0 Å². The zero-order valence-electron chi connectivity index (χ0n) is 15.1. The Balaban J connectivity index is 2.09. The molecule has 7 nitrogen and oxygen atoms in total. The number of benzene rings is 1. The van der Waals surface area contributed by atoms with E-state index < -0.39 is 17.5 Å². The first-order valence-electron chi connectivity index (χ1n) is 8.29. The van der Waals surface area contributed by atoms with E-state index in [1.54, 1.807) is 20.1 Å². The van der Waals surface area contributed by atoms with Crippen LogP contribution in [0.15, 0.2) is 24.3 Å². The van der Waals surface area contributed by atoms with Crippen molar-refractivity contribution < 1.29 is 19.1 Å². The summed E-state index contributed by atoms with van der Waals surface area (Å²) in [6.45, 7) is 5.82. The van der Waals surface area contributed by atoms with E-state index in [-0.39, 0.29) is 18.9 Å². The maximum atomic E-state index is 12.7. The number of nitrogens with zero attached hydrogens (tertiary/aromatic N) is 1. The summed E-state index contributed by atoms with van der Waals surface area (Å²) < 4.78 is 5.31. The Bertz CT molecular complexity index is 674. The summed E-state index contributed by atoms with van der Waals surface area (Å²) in [5, 5.41) is 5.41. The third kappa shape index (κ3) is 4.29. The van der Waals surface area contributed by atoms with Gasteiger partial charge in [0.25, 0.3) is 5.91 Å². The van der Waals surface area contributed by atoms with Gasteiger partial charge in [0, 0.05) is 13.0 Å². The number of nitrogens with one attached hydrogen (secondary N) is 2. The molecule has 1 fully saturated rings. The molecule has 1 aliphatic rings. The van der Waals surface area contributed by atoms with Gasteiger partial charge < -0.3 is 15.4 Å². The standard InChI is InChI=1S/C18H25N3O4/c1-12(2)10-19-15(22)11-21-16(23)18(3,20-17(21)24)9-13-7-5-6-8-14(13)25-4/h5-8,12H,9-11H2,1-4H3,(H,19,22)(H,20,24)/t18-/m0/s1. The first-order valence-corrected chi connectivity index (χ1v) is 8.29. The minimum absolute atomic E-state index is 0.279. The van der Waals surface area contributed by atoms with Crippen molar-refractivity contribution in [1.29, 1.82) is 0 Å². The molecule has 25 heavy (non-hydrogen) atoms. The van der Waals surface area contributed by atoms with Gasteiger partial charge in [0.2, 0.25) is 5.91 Å². The molecule has 0 spiro atoms. The Morgan fingerprint density at radius 1 is 1.32 bits per heavy atom. The van der Waals surface area contributed by atoms with Crippen molar-refractivity contribution in [1.82, 2.24) is 15.5 Å². The fourth-order valence-corrected chi connectivity index (χ4v) is 2.76. The third-order valence-corrected chi connectivity index (χ3v) is 4.09. The Morgan fingerprint density at radius 3 is 2.64 bits per heavy atom. The number of hydrogen-bond acceptors (Lipinski definition) is 4. The van der Waals surface area contributed by atoms with Crippen molar-refractivity contribution in [3.8, 4) is 5.75 Å². The number of amides is 4. The van der Waals surface area contributed by atoms with Crippen LogP contribution >= 0.6 is 0 Å². The smallest absolute Gasteiger partial charge is 0.325 e. The van der Waals surface area contributed by atoms with E-state index in [9.17, 15) is 14.4 Å². The number of carbonyl (C=O) groups is 3. The molecule has 2 N–H and O–H groups in total. The van der Waals surface area contributed by atoms with Crippen molar-refractivity contribution in [2.75, 3.05) is 20.2 Å². The van der Waals surface area contributed by atoms with E-state index in [1.165, 1.54) is 0 Å². The van der Waals surface area contributed by atoms with Gasteiger partial charge >= 0.3 is 6.03 Å². The minimum atomic E-state index is -1.11. The maximum Gasteiger partial charge on any atom is 0.325 e. The minimum Gasteiger partial charge on any atom is -0.496 e. The molecule has 0 aromatic heterocycles. The van der Waals surface area contributed by atoms with Crippen LogP contribution in [0.2, 0.25) is 0 Å². The zero-order chi connectivity index (χ0) is 18.6. The Labute approximate surface area is 147 Å². The molecule has 0 unspecified atom stereocenters. The quantitative estimate of drug-likeness (QED) is 0.728. The molecule has 1 atom stereocenters. The molecule has 0 aliphatic carbocycles. The molecular weight excluding hydrogens is 322 g/mol. The molecule has 1 aromatic carbocycles. The van der Waals surface area contributed by atoms with Crippen molar-refractivity contribution in [2.45, 2.75) is 32.7 Å². The third-order valence-electron chi connectivity index (χ3n) is 4.09. The highest BCUT2D eigenvalue weighted by Gasteiger charge is 2.48. The van der Waals surface area contributed by atoms with E-state index in [2.05, 4.69) is 10.6 Å². The molecule has 1 aliphatic heterocycles. The molecule has 2 rings (SSSR count). The molecule has 7 heteroatoms. The Morgan fingerprint density at radius 2 is 2.00 bits per heavy atom. The van der Waals surface area contributed by atoms with E-state index in [0.717, 1.165) is 10.5 Å². The van der Waals surface area contributed by atoms with Crippen LogP contribution in [0.4, 0.5) is 4.79 Å². The second-order valence-electron chi connectivity index (χ2n) is 6.84. The van der Waals surface area contributed by atoms with Crippen molar-refractivity contribution in [2.24, 2.45) is 5.92 Å². The van der Waals surface area contributed by atoms with Crippen LogP contribution in [0, 0.1) is 5.92 Å². The Kier molecular flexibility index (Phi) is 5.66. The van der Waals surface area contributed by atoms with E-state index >= 15 is 0 Å². The topological polar surface area (TPSA) is 87.7 Å². The zero-order valence-corrected chi connectivity index (χ0v) is 15.1. The van der Waals surface area contributed by atoms with Crippen molar-refractivity contribution in [3.63, 3.8) is 0 Å². The van der Waals surface area contributed by atoms with Gasteiger partial charge in [-0.3, -0.25) is 14.5 Å².